The Labute approximate surface area is 122 Å². The zero-order valence-corrected chi connectivity index (χ0v) is 13.1. The first-order chi connectivity index (χ1) is 9.54. The Balaban J connectivity index is 2.03. The Kier molecular flexibility index (Phi) is 3.54. The average molecular weight is 267 g/mol. The van der Waals surface area contributed by atoms with Gasteiger partial charge < -0.3 is 0 Å². The SMILES string of the molecule is CC(C)c1ccc2cc3c(nc2c1)C[C@H](C(C)C)CC3. The molecule has 1 aliphatic carbocycles. The summed E-state index contributed by atoms with van der Waals surface area (Å²) in [6.07, 6.45) is 3.68. The number of rotatable bonds is 2. The van der Waals surface area contributed by atoms with Crippen LogP contribution in [0.15, 0.2) is 24.3 Å². The lowest BCUT2D eigenvalue weighted by Crippen LogP contribution is -2.20. The number of hydrogen-bond donors (Lipinski definition) is 0. The van der Waals surface area contributed by atoms with Crippen LogP contribution < -0.4 is 0 Å². The third-order valence-corrected chi connectivity index (χ3v) is 4.86. The van der Waals surface area contributed by atoms with Gasteiger partial charge in [-0.05, 0) is 60.3 Å². The predicted octanol–water partition coefficient (Wildman–Crippen LogP) is 5.12. The van der Waals surface area contributed by atoms with Crippen LogP contribution in [0.2, 0.25) is 0 Å². The Bertz CT molecular complexity index is 625. The van der Waals surface area contributed by atoms with Crippen LogP contribution in [0.5, 0.6) is 0 Å². The summed E-state index contributed by atoms with van der Waals surface area (Å²) in [6, 6.07) is 9.14. The van der Waals surface area contributed by atoms with Crippen molar-refractivity contribution in [2.24, 2.45) is 11.8 Å². The maximum Gasteiger partial charge on any atom is 0.0708 e. The van der Waals surface area contributed by atoms with Gasteiger partial charge in [0.1, 0.15) is 0 Å². The lowest BCUT2D eigenvalue weighted by atomic mass is 9.80. The molecule has 106 valence electrons. The molecule has 0 bridgehead atoms. The van der Waals surface area contributed by atoms with Gasteiger partial charge in [-0.15, -0.1) is 0 Å². The summed E-state index contributed by atoms with van der Waals surface area (Å²) in [4.78, 5) is 4.99. The lowest BCUT2D eigenvalue weighted by molar-refractivity contribution is 0.339. The zero-order valence-electron chi connectivity index (χ0n) is 13.1. The van der Waals surface area contributed by atoms with Gasteiger partial charge in [-0.25, -0.2) is 0 Å². The highest BCUT2D eigenvalue weighted by Gasteiger charge is 2.22. The molecule has 1 aromatic heterocycles. The molecule has 1 heterocycles. The molecule has 0 radical (unpaired) electrons. The molecule has 1 nitrogen and oxygen atoms in total. The molecule has 0 unspecified atom stereocenters. The van der Waals surface area contributed by atoms with Crippen LogP contribution in [0, 0.1) is 11.8 Å². The van der Waals surface area contributed by atoms with Gasteiger partial charge in [0.05, 0.1) is 5.52 Å². The van der Waals surface area contributed by atoms with Crippen LogP contribution in [0.3, 0.4) is 0 Å². The number of hydrogen-bond acceptors (Lipinski definition) is 1. The van der Waals surface area contributed by atoms with Gasteiger partial charge in [0.25, 0.3) is 0 Å². The topological polar surface area (TPSA) is 12.9 Å². The van der Waals surface area contributed by atoms with E-state index in [1.165, 1.54) is 40.6 Å². The molecular weight excluding hydrogens is 242 g/mol. The van der Waals surface area contributed by atoms with Gasteiger partial charge in [-0.3, -0.25) is 4.98 Å². The summed E-state index contributed by atoms with van der Waals surface area (Å²) >= 11 is 0. The van der Waals surface area contributed by atoms with Gasteiger partial charge in [0, 0.05) is 11.1 Å². The monoisotopic (exact) mass is 267 g/mol. The first-order valence-corrected chi connectivity index (χ1v) is 7.97. The Morgan fingerprint density at radius 2 is 1.90 bits per heavy atom. The Morgan fingerprint density at radius 3 is 2.60 bits per heavy atom. The lowest BCUT2D eigenvalue weighted by Gasteiger charge is -2.27. The molecule has 2 aromatic rings. The van der Waals surface area contributed by atoms with E-state index in [0.717, 1.165) is 18.3 Å². The number of pyridine rings is 1. The second-order valence-corrected chi connectivity index (χ2v) is 6.95. The fourth-order valence-corrected chi connectivity index (χ4v) is 3.28. The largest absolute Gasteiger partial charge is 0.253 e. The van der Waals surface area contributed by atoms with E-state index in [4.69, 9.17) is 4.98 Å². The van der Waals surface area contributed by atoms with Crippen LogP contribution in [0.1, 0.15) is 56.9 Å². The van der Waals surface area contributed by atoms with Crippen molar-refractivity contribution in [1.82, 2.24) is 4.98 Å². The molecule has 0 saturated carbocycles. The van der Waals surface area contributed by atoms with Crippen LogP contribution in [-0.2, 0) is 12.8 Å². The first-order valence-electron chi connectivity index (χ1n) is 7.97. The van der Waals surface area contributed by atoms with E-state index in [0.29, 0.717) is 5.92 Å². The number of nitrogens with zero attached hydrogens (tertiary/aromatic N) is 1. The zero-order chi connectivity index (χ0) is 14.3. The quantitative estimate of drug-likeness (QED) is 0.736. The fraction of sp³-hybridized carbons (Fsp3) is 0.526. The summed E-state index contributed by atoms with van der Waals surface area (Å²) in [5, 5.41) is 1.30. The molecule has 20 heavy (non-hydrogen) atoms. The molecule has 1 atom stereocenters. The highest BCUT2D eigenvalue weighted by atomic mass is 14.7. The molecule has 0 aliphatic heterocycles. The number of aryl methyl sites for hydroxylation is 1. The number of benzene rings is 1. The van der Waals surface area contributed by atoms with E-state index in [1.54, 1.807) is 0 Å². The van der Waals surface area contributed by atoms with Crippen LogP contribution in [0.25, 0.3) is 10.9 Å². The van der Waals surface area contributed by atoms with Crippen molar-refractivity contribution in [2.45, 2.75) is 52.9 Å². The second kappa shape index (κ2) is 5.20. The van der Waals surface area contributed by atoms with Gasteiger partial charge in [0.15, 0.2) is 0 Å². The molecule has 1 aliphatic rings. The minimum absolute atomic E-state index is 0.570. The van der Waals surface area contributed by atoms with Gasteiger partial charge in [-0.2, -0.15) is 0 Å². The molecule has 0 amide bonds. The van der Waals surface area contributed by atoms with Crippen molar-refractivity contribution >= 4 is 10.9 Å². The van der Waals surface area contributed by atoms with E-state index >= 15 is 0 Å². The molecular formula is C19H25N. The summed E-state index contributed by atoms with van der Waals surface area (Å²) < 4.78 is 0. The van der Waals surface area contributed by atoms with Gasteiger partial charge >= 0.3 is 0 Å². The summed E-state index contributed by atoms with van der Waals surface area (Å²) in [7, 11) is 0. The summed E-state index contributed by atoms with van der Waals surface area (Å²) in [5.74, 6) is 2.14. The van der Waals surface area contributed by atoms with E-state index < -0.39 is 0 Å². The maximum atomic E-state index is 4.99. The van der Waals surface area contributed by atoms with E-state index in [-0.39, 0.29) is 0 Å². The van der Waals surface area contributed by atoms with Gasteiger partial charge in [-0.1, -0.05) is 39.8 Å². The van der Waals surface area contributed by atoms with Crippen molar-refractivity contribution in [3.63, 3.8) is 0 Å². The Hall–Kier alpha value is -1.37. The van der Waals surface area contributed by atoms with Crippen molar-refractivity contribution in [3.8, 4) is 0 Å². The fourth-order valence-electron chi connectivity index (χ4n) is 3.28. The Morgan fingerprint density at radius 1 is 1.10 bits per heavy atom. The van der Waals surface area contributed by atoms with Crippen molar-refractivity contribution < 1.29 is 0 Å². The number of aromatic nitrogens is 1. The molecule has 0 fully saturated rings. The summed E-state index contributed by atoms with van der Waals surface area (Å²) in [6.45, 7) is 9.17. The van der Waals surface area contributed by atoms with Gasteiger partial charge in [0.2, 0.25) is 0 Å². The molecule has 0 N–H and O–H groups in total. The van der Waals surface area contributed by atoms with Crippen LogP contribution in [-0.4, -0.2) is 4.98 Å². The molecule has 3 rings (SSSR count). The first kappa shape index (κ1) is 13.6. The molecule has 1 heteroatoms. The highest BCUT2D eigenvalue weighted by Crippen LogP contribution is 2.31. The van der Waals surface area contributed by atoms with Crippen molar-refractivity contribution in [1.29, 1.82) is 0 Å². The average Bonchev–Trinajstić information content (AvgIpc) is 2.43. The normalized spacial score (nSPS) is 18.8. The minimum atomic E-state index is 0.570. The predicted molar refractivity (Wildman–Crippen MR) is 86.2 cm³/mol. The standard InChI is InChI=1S/C19H25N/c1-12(2)14-5-7-16-9-17-8-6-15(13(3)4)11-19(17)20-18(16)10-14/h5,7,9-10,12-13,15H,6,8,11H2,1-4H3/t15-/m1/s1. The smallest absolute Gasteiger partial charge is 0.0708 e. The highest BCUT2D eigenvalue weighted by molar-refractivity contribution is 5.80. The molecule has 0 spiro atoms. The maximum absolute atomic E-state index is 4.99. The van der Waals surface area contributed by atoms with E-state index in [1.807, 2.05) is 0 Å². The van der Waals surface area contributed by atoms with Crippen molar-refractivity contribution in [2.75, 3.05) is 0 Å². The third-order valence-electron chi connectivity index (χ3n) is 4.86. The van der Waals surface area contributed by atoms with Crippen molar-refractivity contribution in [3.05, 3.63) is 41.1 Å². The summed E-state index contributed by atoms with van der Waals surface area (Å²) in [5.41, 5.74) is 5.40. The molecule has 0 saturated heterocycles. The van der Waals surface area contributed by atoms with E-state index in [9.17, 15) is 0 Å². The number of fused-ring (bicyclic) bond motifs is 2. The second-order valence-electron chi connectivity index (χ2n) is 6.95. The van der Waals surface area contributed by atoms with E-state index in [2.05, 4.69) is 52.0 Å². The molecule has 1 aromatic carbocycles. The minimum Gasteiger partial charge on any atom is -0.253 e. The third kappa shape index (κ3) is 2.46. The van der Waals surface area contributed by atoms with Crippen LogP contribution >= 0.6 is 0 Å². The van der Waals surface area contributed by atoms with Crippen LogP contribution in [0.4, 0.5) is 0 Å².